The molecule has 45 heavy (non-hydrogen) atoms. The fourth-order valence-corrected chi connectivity index (χ4v) is 7.40. The van der Waals surface area contributed by atoms with Gasteiger partial charge >= 0.3 is 0 Å². The molecule has 0 saturated carbocycles. The number of likely N-dealkylation sites (tertiary alicyclic amines) is 1. The Bertz CT molecular complexity index is 1720. The Hall–Kier alpha value is -4.52. The summed E-state index contributed by atoms with van der Waals surface area (Å²) < 4.78 is 50.4. The van der Waals surface area contributed by atoms with Crippen LogP contribution in [0.3, 0.4) is 0 Å². The zero-order valence-corrected chi connectivity index (χ0v) is 25.2. The number of hydrogen-bond donors (Lipinski definition) is 2. The van der Waals surface area contributed by atoms with Gasteiger partial charge in [-0.2, -0.15) is 0 Å². The molecule has 3 aromatic rings. The lowest BCUT2D eigenvalue weighted by Crippen LogP contribution is -2.59. The van der Waals surface area contributed by atoms with Gasteiger partial charge in [-0.15, -0.1) is 0 Å². The fourth-order valence-electron chi connectivity index (χ4n) is 5.91. The number of carbonyl (C=O) groups is 3. The van der Waals surface area contributed by atoms with Crippen molar-refractivity contribution < 1.29 is 36.7 Å². The average Bonchev–Trinajstić information content (AvgIpc) is 3.03. The van der Waals surface area contributed by atoms with Crippen LogP contribution >= 0.6 is 0 Å². The molecule has 236 valence electrons. The SMILES string of the molecule is O=C1COc2cccc(c2)-c2cncc(c2)C(=O)N[C@@H]2CN(C(=O)C3CCS(=O)(=O)CC3)CC[C@@H]2Oc2cc(F)cc(c2)CN1. The van der Waals surface area contributed by atoms with Crippen LogP contribution in [0.15, 0.2) is 60.9 Å². The molecular weight excluding hydrogens is 603 g/mol. The average molecular weight is 637 g/mol. The third-order valence-corrected chi connectivity index (χ3v) is 10.0. The first-order chi connectivity index (χ1) is 21.6. The Balaban J connectivity index is 1.30. The second-order valence-electron chi connectivity index (χ2n) is 11.6. The van der Waals surface area contributed by atoms with E-state index in [0.29, 0.717) is 29.8 Å². The van der Waals surface area contributed by atoms with Gasteiger partial charge in [0.05, 0.1) is 23.1 Å². The van der Waals surface area contributed by atoms with Crippen LogP contribution < -0.4 is 20.1 Å². The van der Waals surface area contributed by atoms with Crippen LogP contribution in [-0.4, -0.2) is 79.4 Å². The fraction of sp³-hybridized carbons (Fsp3) is 0.375. The third kappa shape index (κ3) is 7.42. The summed E-state index contributed by atoms with van der Waals surface area (Å²) in [5, 5.41) is 5.74. The Morgan fingerprint density at radius 2 is 1.76 bits per heavy atom. The minimum atomic E-state index is -3.13. The highest BCUT2D eigenvalue weighted by molar-refractivity contribution is 7.91. The Morgan fingerprint density at radius 1 is 0.956 bits per heavy atom. The van der Waals surface area contributed by atoms with Crippen molar-refractivity contribution in [1.29, 1.82) is 0 Å². The number of aromatic nitrogens is 1. The number of piperidine rings is 1. The molecule has 2 atom stereocenters. The molecule has 2 fully saturated rings. The Kier molecular flexibility index (Phi) is 8.70. The summed E-state index contributed by atoms with van der Waals surface area (Å²) in [5.41, 5.74) is 2.14. The van der Waals surface area contributed by atoms with Gasteiger partial charge in [-0.1, -0.05) is 12.1 Å². The van der Waals surface area contributed by atoms with Crippen molar-refractivity contribution in [1.82, 2.24) is 20.5 Å². The lowest BCUT2D eigenvalue weighted by Gasteiger charge is -2.40. The smallest absolute Gasteiger partial charge is 0.258 e. The van der Waals surface area contributed by atoms with E-state index in [4.69, 9.17) is 9.47 Å². The molecule has 13 heteroatoms. The van der Waals surface area contributed by atoms with Crippen molar-refractivity contribution in [2.75, 3.05) is 31.2 Å². The van der Waals surface area contributed by atoms with Crippen LogP contribution in [0.1, 0.15) is 35.2 Å². The quantitative estimate of drug-likeness (QED) is 0.415. The van der Waals surface area contributed by atoms with Crippen molar-refractivity contribution in [2.24, 2.45) is 5.92 Å². The first-order valence-corrected chi connectivity index (χ1v) is 16.7. The van der Waals surface area contributed by atoms with Gasteiger partial charge in [-0.25, -0.2) is 12.8 Å². The number of sulfone groups is 1. The predicted molar refractivity (Wildman–Crippen MR) is 162 cm³/mol. The zero-order chi connectivity index (χ0) is 31.6. The summed E-state index contributed by atoms with van der Waals surface area (Å²) in [5.74, 6) is -1.32. The van der Waals surface area contributed by atoms with E-state index in [1.165, 1.54) is 18.3 Å². The van der Waals surface area contributed by atoms with Gasteiger partial charge in [0.25, 0.3) is 11.8 Å². The van der Waals surface area contributed by atoms with Gasteiger partial charge in [-0.05, 0) is 54.3 Å². The molecule has 0 aliphatic carbocycles. The summed E-state index contributed by atoms with van der Waals surface area (Å²) in [6.45, 7) is 0.241. The molecule has 3 aliphatic rings. The normalized spacial score (nSPS) is 22.2. The molecule has 3 amide bonds. The topological polar surface area (TPSA) is 144 Å². The number of amides is 3. The first-order valence-electron chi connectivity index (χ1n) is 14.8. The van der Waals surface area contributed by atoms with Crippen LogP contribution in [0.4, 0.5) is 4.39 Å². The number of rotatable bonds is 1. The summed E-state index contributed by atoms with van der Waals surface area (Å²) in [6, 6.07) is 12.2. The van der Waals surface area contributed by atoms with E-state index >= 15 is 0 Å². The molecule has 0 radical (unpaired) electrons. The van der Waals surface area contributed by atoms with Crippen LogP contribution in [0, 0.1) is 11.7 Å². The summed E-state index contributed by atoms with van der Waals surface area (Å²) in [4.78, 5) is 45.5. The molecule has 6 bridgehead atoms. The van der Waals surface area contributed by atoms with Crippen molar-refractivity contribution in [3.8, 4) is 22.6 Å². The predicted octanol–water partition coefficient (Wildman–Crippen LogP) is 2.50. The van der Waals surface area contributed by atoms with Gasteiger partial charge in [-0.3, -0.25) is 19.4 Å². The van der Waals surface area contributed by atoms with Crippen LogP contribution in [0.25, 0.3) is 11.1 Å². The molecule has 6 rings (SSSR count). The number of ether oxygens (including phenoxy) is 2. The van der Waals surface area contributed by atoms with Gasteiger partial charge in [0.2, 0.25) is 5.91 Å². The number of fused-ring (bicyclic) bond motifs is 8. The zero-order valence-electron chi connectivity index (χ0n) is 24.4. The van der Waals surface area contributed by atoms with Gasteiger partial charge in [0.1, 0.15) is 33.3 Å². The Labute approximate surface area is 260 Å². The number of nitrogens with zero attached hydrogens (tertiary/aromatic N) is 2. The minimum Gasteiger partial charge on any atom is -0.488 e. The van der Waals surface area contributed by atoms with Crippen LogP contribution in [0.5, 0.6) is 11.5 Å². The molecule has 2 N–H and O–H groups in total. The van der Waals surface area contributed by atoms with Crippen LogP contribution in [-0.2, 0) is 26.0 Å². The lowest BCUT2D eigenvalue weighted by atomic mass is 9.96. The maximum Gasteiger partial charge on any atom is 0.258 e. The van der Waals surface area contributed by atoms with E-state index in [1.54, 1.807) is 41.4 Å². The number of carbonyl (C=O) groups excluding carboxylic acids is 3. The van der Waals surface area contributed by atoms with E-state index < -0.39 is 45.5 Å². The Morgan fingerprint density at radius 3 is 2.58 bits per heavy atom. The van der Waals surface area contributed by atoms with E-state index in [2.05, 4.69) is 15.6 Å². The van der Waals surface area contributed by atoms with Crippen molar-refractivity contribution in [2.45, 2.75) is 38.0 Å². The number of nitrogens with one attached hydrogen (secondary N) is 2. The summed E-state index contributed by atoms with van der Waals surface area (Å²) in [6.07, 6.45) is 3.31. The minimum absolute atomic E-state index is 0.0239. The highest BCUT2D eigenvalue weighted by Gasteiger charge is 2.38. The molecule has 2 aromatic carbocycles. The highest BCUT2D eigenvalue weighted by atomic mass is 32.2. The van der Waals surface area contributed by atoms with Crippen molar-refractivity contribution in [3.05, 3.63) is 77.9 Å². The van der Waals surface area contributed by atoms with Gasteiger partial charge in [0, 0.05) is 56.0 Å². The largest absolute Gasteiger partial charge is 0.488 e. The molecular formula is C32H33FN4O7S. The maximum atomic E-state index is 14.6. The molecule has 3 aliphatic heterocycles. The summed E-state index contributed by atoms with van der Waals surface area (Å²) >= 11 is 0. The highest BCUT2D eigenvalue weighted by Crippen LogP contribution is 2.28. The molecule has 0 spiro atoms. The molecule has 11 nitrogen and oxygen atoms in total. The lowest BCUT2D eigenvalue weighted by molar-refractivity contribution is -0.138. The summed E-state index contributed by atoms with van der Waals surface area (Å²) in [7, 11) is -3.13. The number of halogens is 1. The van der Waals surface area contributed by atoms with E-state index in [-0.39, 0.29) is 61.3 Å². The second-order valence-corrected chi connectivity index (χ2v) is 13.9. The molecule has 4 heterocycles. The first kappa shape index (κ1) is 30.5. The number of benzene rings is 2. The van der Waals surface area contributed by atoms with Gasteiger partial charge < -0.3 is 25.0 Å². The molecule has 2 saturated heterocycles. The van der Waals surface area contributed by atoms with Crippen molar-refractivity contribution in [3.63, 3.8) is 0 Å². The van der Waals surface area contributed by atoms with E-state index in [0.717, 1.165) is 5.56 Å². The maximum absolute atomic E-state index is 14.6. The number of hydrogen-bond acceptors (Lipinski definition) is 8. The number of pyridine rings is 1. The third-order valence-electron chi connectivity index (χ3n) is 8.33. The second kappa shape index (κ2) is 12.8. The van der Waals surface area contributed by atoms with E-state index in [9.17, 15) is 27.2 Å². The molecule has 1 aromatic heterocycles. The standard InChI is InChI=1S/C32H33FN4O7S/c33-25-10-20-11-27(14-25)44-29-4-7-37(32(40)21-5-8-45(41,42)9-6-21)18-28(29)36-31(39)24-12-23(16-34-17-24)22-2-1-3-26(13-22)43-19-30(38)35-15-20/h1-3,10-14,16-17,21,28-29H,4-9,15,18-19H2,(H,35,38)(H,36,39)/t28-,29+/m1/s1. The van der Waals surface area contributed by atoms with Crippen LogP contribution in [0.2, 0.25) is 0 Å². The van der Waals surface area contributed by atoms with E-state index in [1.807, 2.05) is 6.07 Å². The monoisotopic (exact) mass is 636 g/mol. The van der Waals surface area contributed by atoms with Crippen molar-refractivity contribution >= 4 is 27.6 Å². The molecule has 0 unspecified atom stereocenters. The van der Waals surface area contributed by atoms with Gasteiger partial charge in [0.15, 0.2) is 6.61 Å².